The van der Waals surface area contributed by atoms with E-state index in [4.69, 9.17) is 5.73 Å². The molecule has 2 aromatic rings. The molecule has 3 heteroatoms. The standard InChI is InChI=1S/C14H17N3/c1-9-4-5-16-8-13(9)14(15)12-6-10(2)17-11(3)7-12/h4-8,14H,15H2,1-3H3. The third-order valence-electron chi connectivity index (χ3n) is 2.88. The molecule has 0 amide bonds. The van der Waals surface area contributed by atoms with Gasteiger partial charge in [0.2, 0.25) is 0 Å². The summed E-state index contributed by atoms with van der Waals surface area (Å²) in [6.07, 6.45) is 3.62. The van der Waals surface area contributed by atoms with Gasteiger partial charge in [-0.25, -0.2) is 0 Å². The second-order valence-corrected chi connectivity index (χ2v) is 4.39. The topological polar surface area (TPSA) is 51.8 Å². The van der Waals surface area contributed by atoms with Crippen molar-refractivity contribution in [3.8, 4) is 0 Å². The minimum absolute atomic E-state index is 0.135. The van der Waals surface area contributed by atoms with Crippen LogP contribution >= 0.6 is 0 Å². The van der Waals surface area contributed by atoms with Gasteiger partial charge in [0, 0.05) is 23.8 Å². The molecule has 2 N–H and O–H groups in total. The third kappa shape index (κ3) is 2.50. The molecule has 88 valence electrons. The summed E-state index contributed by atoms with van der Waals surface area (Å²) < 4.78 is 0. The van der Waals surface area contributed by atoms with Crippen molar-refractivity contribution < 1.29 is 0 Å². The van der Waals surface area contributed by atoms with Crippen molar-refractivity contribution in [3.05, 3.63) is 58.7 Å². The molecule has 2 rings (SSSR count). The van der Waals surface area contributed by atoms with Gasteiger partial charge >= 0.3 is 0 Å². The highest BCUT2D eigenvalue weighted by Crippen LogP contribution is 2.22. The molecule has 1 unspecified atom stereocenters. The van der Waals surface area contributed by atoms with Crippen LogP contribution in [0.1, 0.15) is 34.1 Å². The summed E-state index contributed by atoms with van der Waals surface area (Å²) in [7, 11) is 0. The van der Waals surface area contributed by atoms with Crippen LogP contribution in [0.2, 0.25) is 0 Å². The summed E-state index contributed by atoms with van der Waals surface area (Å²) >= 11 is 0. The minimum Gasteiger partial charge on any atom is -0.320 e. The van der Waals surface area contributed by atoms with Gasteiger partial charge in [-0.2, -0.15) is 0 Å². The van der Waals surface area contributed by atoms with Crippen molar-refractivity contribution in [2.75, 3.05) is 0 Å². The van der Waals surface area contributed by atoms with Gasteiger partial charge in [-0.1, -0.05) is 0 Å². The van der Waals surface area contributed by atoms with Crippen LogP contribution in [0.4, 0.5) is 0 Å². The Kier molecular flexibility index (Phi) is 3.20. The Morgan fingerprint density at radius 3 is 2.35 bits per heavy atom. The summed E-state index contributed by atoms with van der Waals surface area (Å²) in [5, 5.41) is 0. The fraction of sp³-hybridized carbons (Fsp3) is 0.286. The average molecular weight is 227 g/mol. The number of aromatic nitrogens is 2. The van der Waals surface area contributed by atoms with Crippen molar-refractivity contribution in [1.82, 2.24) is 9.97 Å². The van der Waals surface area contributed by atoms with Gasteiger partial charge in [-0.15, -0.1) is 0 Å². The first-order chi connectivity index (χ1) is 8.08. The molecule has 2 heterocycles. The highest BCUT2D eigenvalue weighted by molar-refractivity contribution is 5.35. The number of rotatable bonds is 2. The Morgan fingerprint density at radius 1 is 1.12 bits per heavy atom. The molecular weight excluding hydrogens is 210 g/mol. The van der Waals surface area contributed by atoms with Gasteiger partial charge < -0.3 is 5.73 Å². The molecule has 1 atom stereocenters. The number of nitrogens with two attached hydrogens (primary N) is 1. The molecule has 0 saturated carbocycles. The van der Waals surface area contributed by atoms with Crippen molar-refractivity contribution in [2.24, 2.45) is 5.73 Å². The Morgan fingerprint density at radius 2 is 1.76 bits per heavy atom. The van der Waals surface area contributed by atoms with Gasteiger partial charge in [0.05, 0.1) is 6.04 Å². The molecule has 0 aliphatic rings. The molecule has 0 bridgehead atoms. The van der Waals surface area contributed by atoms with Gasteiger partial charge in [-0.05, 0) is 55.7 Å². The van der Waals surface area contributed by atoms with E-state index >= 15 is 0 Å². The van der Waals surface area contributed by atoms with Crippen LogP contribution in [0.3, 0.4) is 0 Å². The first-order valence-corrected chi connectivity index (χ1v) is 5.69. The Bertz CT molecular complexity index is 514. The van der Waals surface area contributed by atoms with Gasteiger partial charge in [-0.3, -0.25) is 9.97 Å². The second-order valence-electron chi connectivity index (χ2n) is 4.39. The zero-order valence-corrected chi connectivity index (χ0v) is 10.4. The maximum atomic E-state index is 6.29. The summed E-state index contributed by atoms with van der Waals surface area (Å²) in [6, 6.07) is 5.91. The summed E-state index contributed by atoms with van der Waals surface area (Å²) in [5.41, 5.74) is 11.6. The average Bonchev–Trinajstić information content (AvgIpc) is 2.27. The monoisotopic (exact) mass is 227 g/mol. The summed E-state index contributed by atoms with van der Waals surface area (Å²) in [5.74, 6) is 0. The molecule has 0 radical (unpaired) electrons. The van der Waals surface area contributed by atoms with Crippen molar-refractivity contribution in [2.45, 2.75) is 26.8 Å². The second kappa shape index (κ2) is 4.63. The lowest BCUT2D eigenvalue weighted by molar-refractivity contribution is 0.843. The molecule has 0 aliphatic heterocycles. The van der Waals surface area contributed by atoms with Crippen LogP contribution in [0.5, 0.6) is 0 Å². The number of pyridine rings is 2. The zero-order chi connectivity index (χ0) is 12.4. The highest BCUT2D eigenvalue weighted by Gasteiger charge is 2.12. The van der Waals surface area contributed by atoms with Crippen LogP contribution in [-0.4, -0.2) is 9.97 Å². The Labute approximate surface area is 102 Å². The lowest BCUT2D eigenvalue weighted by atomic mass is 9.97. The summed E-state index contributed by atoms with van der Waals surface area (Å²) in [6.45, 7) is 6.02. The van der Waals surface area contributed by atoms with E-state index in [-0.39, 0.29) is 6.04 Å². The maximum Gasteiger partial charge on any atom is 0.0570 e. The number of hydrogen-bond acceptors (Lipinski definition) is 3. The number of nitrogens with zero attached hydrogens (tertiary/aromatic N) is 2. The molecule has 17 heavy (non-hydrogen) atoms. The predicted octanol–water partition coefficient (Wildman–Crippen LogP) is 2.45. The zero-order valence-electron chi connectivity index (χ0n) is 10.4. The normalized spacial score (nSPS) is 12.5. The molecular formula is C14H17N3. The summed E-state index contributed by atoms with van der Waals surface area (Å²) in [4.78, 5) is 8.50. The van der Waals surface area contributed by atoms with E-state index in [0.29, 0.717) is 0 Å². The van der Waals surface area contributed by atoms with Crippen molar-refractivity contribution >= 4 is 0 Å². The molecule has 3 nitrogen and oxygen atoms in total. The van der Waals surface area contributed by atoms with Gasteiger partial charge in [0.1, 0.15) is 0 Å². The van der Waals surface area contributed by atoms with E-state index in [2.05, 4.69) is 16.9 Å². The van der Waals surface area contributed by atoms with Crippen LogP contribution in [-0.2, 0) is 0 Å². The van der Waals surface area contributed by atoms with Gasteiger partial charge in [0.15, 0.2) is 0 Å². The molecule has 2 aromatic heterocycles. The molecule has 0 saturated heterocycles. The van der Waals surface area contributed by atoms with E-state index in [1.807, 2.05) is 38.2 Å². The molecule has 0 fully saturated rings. The van der Waals surface area contributed by atoms with E-state index in [1.165, 1.54) is 5.56 Å². The lowest BCUT2D eigenvalue weighted by Crippen LogP contribution is -2.14. The minimum atomic E-state index is -0.135. The van der Waals surface area contributed by atoms with Crippen LogP contribution < -0.4 is 5.73 Å². The van der Waals surface area contributed by atoms with E-state index < -0.39 is 0 Å². The Balaban J connectivity index is 2.43. The SMILES string of the molecule is Cc1cc(C(N)c2cnccc2C)cc(C)n1. The van der Waals surface area contributed by atoms with E-state index in [9.17, 15) is 0 Å². The largest absolute Gasteiger partial charge is 0.320 e. The van der Waals surface area contributed by atoms with Crippen LogP contribution in [0.25, 0.3) is 0 Å². The smallest absolute Gasteiger partial charge is 0.0570 e. The van der Waals surface area contributed by atoms with Gasteiger partial charge in [0.25, 0.3) is 0 Å². The fourth-order valence-electron chi connectivity index (χ4n) is 2.03. The number of aryl methyl sites for hydroxylation is 3. The highest BCUT2D eigenvalue weighted by atomic mass is 14.7. The predicted molar refractivity (Wildman–Crippen MR) is 68.7 cm³/mol. The molecule has 0 aromatic carbocycles. The number of hydrogen-bond donors (Lipinski definition) is 1. The first-order valence-electron chi connectivity index (χ1n) is 5.69. The fourth-order valence-corrected chi connectivity index (χ4v) is 2.03. The quantitative estimate of drug-likeness (QED) is 0.857. The first kappa shape index (κ1) is 11.7. The van der Waals surface area contributed by atoms with Crippen molar-refractivity contribution in [1.29, 1.82) is 0 Å². The van der Waals surface area contributed by atoms with Crippen LogP contribution in [0, 0.1) is 20.8 Å². The van der Waals surface area contributed by atoms with E-state index in [1.54, 1.807) is 6.20 Å². The Hall–Kier alpha value is -1.74. The van der Waals surface area contributed by atoms with E-state index in [0.717, 1.165) is 22.5 Å². The molecule has 0 spiro atoms. The maximum absolute atomic E-state index is 6.29. The van der Waals surface area contributed by atoms with Crippen molar-refractivity contribution in [3.63, 3.8) is 0 Å². The lowest BCUT2D eigenvalue weighted by Gasteiger charge is -2.15. The third-order valence-corrected chi connectivity index (χ3v) is 2.88. The molecule has 0 aliphatic carbocycles. The van der Waals surface area contributed by atoms with Crippen LogP contribution in [0.15, 0.2) is 30.6 Å².